The fourth-order valence-corrected chi connectivity index (χ4v) is 0.912. The van der Waals surface area contributed by atoms with Gasteiger partial charge in [0, 0.05) is 0 Å². The van der Waals surface area contributed by atoms with Crippen LogP contribution in [0.15, 0.2) is 0 Å². The van der Waals surface area contributed by atoms with Crippen molar-refractivity contribution in [3.63, 3.8) is 0 Å². The Morgan fingerprint density at radius 3 is 1.94 bits per heavy atom. The van der Waals surface area contributed by atoms with E-state index in [-0.39, 0.29) is 0 Å². The van der Waals surface area contributed by atoms with Crippen LogP contribution in [-0.4, -0.2) is 69.1 Å². The molecule has 0 saturated carbocycles. The van der Waals surface area contributed by atoms with E-state index in [1.807, 2.05) is 0 Å². The van der Waals surface area contributed by atoms with Crippen molar-refractivity contribution in [2.75, 3.05) is 13.2 Å². The molecule has 0 spiro atoms. The summed E-state index contributed by atoms with van der Waals surface area (Å²) in [6.07, 6.45) is -5.52. The SMILES string of the molecule is CCCC[NH3+].O=C([O-])[C@H](O)[C@@H](O)[C@@H](O)[C@H](O)CO. The summed E-state index contributed by atoms with van der Waals surface area (Å²) in [5.41, 5.74) is 3.68. The smallest absolute Gasteiger partial charge is 0.122 e. The summed E-state index contributed by atoms with van der Waals surface area (Å²) >= 11 is 0. The summed E-state index contributed by atoms with van der Waals surface area (Å²) in [5, 5.41) is 53.4. The molecule has 0 aliphatic rings. The highest BCUT2D eigenvalue weighted by molar-refractivity contribution is 5.70. The van der Waals surface area contributed by atoms with Gasteiger partial charge in [0.25, 0.3) is 0 Å². The van der Waals surface area contributed by atoms with Gasteiger partial charge in [0.1, 0.15) is 24.4 Å². The number of rotatable bonds is 7. The molecule has 0 bridgehead atoms. The molecule has 8 N–H and O–H groups in total. The second kappa shape index (κ2) is 11.3. The molecule has 4 atom stereocenters. The van der Waals surface area contributed by atoms with Gasteiger partial charge >= 0.3 is 0 Å². The highest BCUT2D eigenvalue weighted by atomic mass is 16.4. The zero-order chi connectivity index (χ0) is 14.7. The lowest BCUT2D eigenvalue weighted by atomic mass is 10.0. The van der Waals surface area contributed by atoms with Crippen LogP contribution in [0.2, 0.25) is 0 Å². The summed E-state index contributed by atoms with van der Waals surface area (Å²) in [6.45, 7) is 2.40. The highest BCUT2D eigenvalue weighted by Crippen LogP contribution is 2.04. The van der Waals surface area contributed by atoms with Crippen molar-refractivity contribution in [2.24, 2.45) is 0 Å². The summed E-state index contributed by atoms with van der Waals surface area (Å²) in [4.78, 5) is 9.98. The number of carboxylic acid groups (broad SMARTS) is 1. The quantitative estimate of drug-likeness (QED) is 0.269. The van der Waals surface area contributed by atoms with Gasteiger partial charge in [-0.25, -0.2) is 0 Å². The van der Waals surface area contributed by atoms with Gasteiger partial charge in [0.05, 0.1) is 19.1 Å². The molecule has 0 aromatic heterocycles. The number of aliphatic hydroxyl groups is 5. The first kappa shape index (κ1) is 19.6. The number of hydrogen-bond acceptors (Lipinski definition) is 7. The van der Waals surface area contributed by atoms with Crippen molar-refractivity contribution < 1.29 is 41.2 Å². The molecular weight excluding hydrogens is 246 g/mol. The van der Waals surface area contributed by atoms with Crippen LogP contribution in [0.1, 0.15) is 19.8 Å². The molecule has 0 aliphatic heterocycles. The molecule has 110 valence electrons. The van der Waals surface area contributed by atoms with Crippen LogP contribution in [0, 0.1) is 0 Å². The minimum Gasteiger partial charge on any atom is -0.547 e. The first-order valence-electron chi connectivity index (χ1n) is 5.66. The Morgan fingerprint density at radius 2 is 1.72 bits per heavy atom. The number of hydrogen-bond donors (Lipinski definition) is 6. The Kier molecular flexibility index (Phi) is 12.3. The normalized spacial score (nSPS) is 17.1. The van der Waals surface area contributed by atoms with Crippen molar-refractivity contribution in [1.29, 1.82) is 0 Å². The molecule has 0 fully saturated rings. The molecule has 18 heavy (non-hydrogen) atoms. The lowest BCUT2D eigenvalue weighted by molar-refractivity contribution is -0.368. The Labute approximate surface area is 105 Å². The first-order chi connectivity index (χ1) is 8.33. The van der Waals surface area contributed by atoms with Crippen molar-refractivity contribution in [3.05, 3.63) is 0 Å². The molecule has 0 aliphatic carbocycles. The van der Waals surface area contributed by atoms with E-state index >= 15 is 0 Å². The third-order valence-electron chi connectivity index (χ3n) is 2.10. The first-order valence-corrected chi connectivity index (χ1v) is 5.66. The number of carboxylic acids is 1. The van der Waals surface area contributed by atoms with Crippen molar-refractivity contribution in [3.8, 4) is 0 Å². The summed E-state index contributed by atoms with van der Waals surface area (Å²) in [5.74, 6) is -1.98. The maximum Gasteiger partial charge on any atom is 0.122 e. The van der Waals surface area contributed by atoms with E-state index in [2.05, 4.69) is 12.7 Å². The van der Waals surface area contributed by atoms with Crippen molar-refractivity contribution >= 4 is 5.97 Å². The van der Waals surface area contributed by atoms with Gasteiger partial charge in [0.15, 0.2) is 0 Å². The molecule has 8 nitrogen and oxygen atoms in total. The average molecular weight is 269 g/mol. The van der Waals surface area contributed by atoms with E-state index in [0.29, 0.717) is 0 Å². The third-order valence-corrected chi connectivity index (χ3v) is 2.10. The Hall–Kier alpha value is -0.770. The Bertz CT molecular complexity index is 212. The van der Waals surface area contributed by atoms with Gasteiger partial charge < -0.3 is 41.2 Å². The van der Waals surface area contributed by atoms with E-state index in [4.69, 9.17) is 25.5 Å². The number of carbonyl (C=O) groups is 1. The number of carbonyl (C=O) groups excluding carboxylic acids is 1. The molecule has 8 heteroatoms. The number of quaternary nitrogens is 1. The number of aliphatic carboxylic acids is 1. The molecule has 0 amide bonds. The maximum atomic E-state index is 9.98. The zero-order valence-electron chi connectivity index (χ0n) is 10.4. The summed E-state index contributed by atoms with van der Waals surface area (Å²) in [7, 11) is 0. The molecule has 0 rings (SSSR count). The van der Waals surface area contributed by atoms with Gasteiger partial charge in [-0.15, -0.1) is 0 Å². The minimum atomic E-state index is -2.31. The van der Waals surface area contributed by atoms with Gasteiger partial charge in [-0.1, -0.05) is 13.3 Å². The molecule has 0 saturated heterocycles. The van der Waals surface area contributed by atoms with Crippen LogP contribution in [0.3, 0.4) is 0 Å². The standard InChI is InChI=1S/C6H12O7.C4H11N/c7-1-2(8)3(9)4(10)5(11)6(12)13;1-2-3-4-5/h2-5,7-11H,1H2,(H,12,13);2-5H2,1H3/t2-,3+,4+,5-;/m1./s1. The van der Waals surface area contributed by atoms with E-state index < -0.39 is 37.0 Å². The van der Waals surface area contributed by atoms with Crippen LogP contribution in [-0.2, 0) is 4.79 Å². The van der Waals surface area contributed by atoms with Crippen LogP contribution in [0.25, 0.3) is 0 Å². The lowest BCUT2D eigenvalue weighted by Gasteiger charge is -2.25. The summed E-state index contributed by atoms with van der Waals surface area (Å²) in [6, 6.07) is 0. The van der Waals surface area contributed by atoms with E-state index in [9.17, 15) is 9.90 Å². The predicted molar refractivity (Wildman–Crippen MR) is 58.8 cm³/mol. The van der Waals surface area contributed by atoms with Gasteiger partial charge in [-0.05, 0) is 6.42 Å². The zero-order valence-corrected chi connectivity index (χ0v) is 10.4. The molecular formula is C10H23NO7. The number of aliphatic hydroxyl groups excluding tert-OH is 5. The Balaban J connectivity index is 0. The highest BCUT2D eigenvalue weighted by Gasteiger charge is 2.30. The Morgan fingerprint density at radius 1 is 1.22 bits per heavy atom. The van der Waals surface area contributed by atoms with Gasteiger partial charge in [0.2, 0.25) is 0 Å². The molecule has 0 aromatic carbocycles. The molecule has 0 aromatic rings. The lowest BCUT2D eigenvalue weighted by Crippen LogP contribution is -2.52. The topological polar surface area (TPSA) is 169 Å². The minimum absolute atomic E-state index is 0.863. The maximum absolute atomic E-state index is 9.98. The summed E-state index contributed by atoms with van der Waals surface area (Å²) < 4.78 is 0. The van der Waals surface area contributed by atoms with Crippen molar-refractivity contribution in [2.45, 2.75) is 44.2 Å². The van der Waals surface area contributed by atoms with Crippen LogP contribution < -0.4 is 10.8 Å². The van der Waals surface area contributed by atoms with Gasteiger partial charge in [-0.3, -0.25) is 0 Å². The monoisotopic (exact) mass is 269 g/mol. The van der Waals surface area contributed by atoms with Gasteiger partial charge in [-0.2, -0.15) is 0 Å². The van der Waals surface area contributed by atoms with Crippen LogP contribution in [0.4, 0.5) is 0 Å². The third kappa shape index (κ3) is 8.34. The van der Waals surface area contributed by atoms with E-state index in [1.165, 1.54) is 12.8 Å². The average Bonchev–Trinajstić information content (AvgIpc) is 2.36. The fourth-order valence-electron chi connectivity index (χ4n) is 0.912. The van der Waals surface area contributed by atoms with Crippen LogP contribution >= 0.6 is 0 Å². The van der Waals surface area contributed by atoms with E-state index in [0.717, 1.165) is 6.54 Å². The van der Waals surface area contributed by atoms with Crippen molar-refractivity contribution in [1.82, 2.24) is 0 Å². The second-order valence-corrected chi connectivity index (χ2v) is 3.70. The largest absolute Gasteiger partial charge is 0.547 e. The molecule has 0 heterocycles. The van der Waals surface area contributed by atoms with Crippen LogP contribution in [0.5, 0.6) is 0 Å². The second-order valence-electron chi connectivity index (χ2n) is 3.70. The van der Waals surface area contributed by atoms with E-state index in [1.54, 1.807) is 0 Å². The molecule has 0 unspecified atom stereocenters. The fraction of sp³-hybridized carbons (Fsp3) is 0.900. The predicted octanol–water partition coefficient (Wildman–Crippen LogP) is -4.80. The molecule has 0 radical (unpaired) electrons. The number of unbranched alkanes of at least 4 members (excludes halogenated alkanes) is 1.